The molecule has 0 radical (unpaired) electrons. The molecule has 1 aromatic carbocycles. The summed E-state index contributed by atoms with van der Waals surface area (Å²) in [6.07, 6.45) is 5.11. The fourth-order valence-electron chi connectivity index (χ4n) is 3.26. The number of para-hydroxylation sites is 2. The van der Waals surface area contributed by atoms with E-state index in [9.17, 15) is 0 Å². The summed E-state index contributed by atoms with van der Waals surface area (Å²) < 4.78 is 2.45. The number of hydrogen-bond donors (Lipinski definition) is 0. The largest absolute Gasteiger partial charge is 0.327 e. The van der Waals surface area contributed by atoms with Crippen LogP contribution in [0.2, 0.25) is 0 Å². The van der Waals surface area contributed by atoms with E-state index < -0.39 is 0 Å². The molecule has 1 aliphatic heterocycles. The van der Waals surface area contributed by atoms with Gasteiger partial charge in [0.15, 0.2) is 0 Å². The van der Waals surface area contributed by atoms with Crippen molar-refractivity contribution in [3.05, 3.63) is 30.1 Å². The van der Waals surface area contributed by atoms with Crippen molar-refractivity contribution in [3.63, 3.8) is 0 Å². The summed E-state index contributed by atoms with van der Waals surface area (Å²) >= 11 is 0. The zero-order valence-electron chi connectivity index (χ0n) is 12.7. The zero-order chi connectivity index (χ0) is 13.9. The van der Waals surface area contributed by atoms with Crippen molar-refractivity contribution in [2.45, 2.75) is 52.1 Å². The summed E-state index contributed by atoms with van der Waals surface area (Å²) in [4.78, 5) is 7.50. The average molecular weight is 271 g/mol. The van der Waals surface area contributed by atoms with Crippen molar-refractivity contribution in [3.8, 4) is 0 Å². The first-order valence-corrected chi connectivity index (χ1v) is 8.00. The Balaban J connectivity index is 1.99. The van der Waals surface area contributed by atoms with Gasteiger partial charge in [-0.1, -0.05) is 25.5 Å². The fraction of sp³-hybridized carbons (Fsp3) is 0.588. The zero-order valence-corrected chi connectivity index (χ0v) is 12.7. The maximum atomic E-state index is 4.93. The predicted molar refractivity (Wildman–Crippen MR) is 83.9 cm³/mol. The van der Waals surface area contributed by atoms with Crippen LogP contribution in [0.25, 0.3) is 11.0 Å². The van der Waals surface area contributed by atoms with Gasteiger partial charge in [0, 0.05) is 6.54 Å². The maximum absolute atomic E-state index is 4.93. The third-order valence-electron chi connectivity index (χ3n) is 4.48. The number of hydrogen-bond acceptors (Lipinski definition) is 2. The second-order valence-corrected chi connectivity index (χ2v) is 5.88. The van der Waals surface area contributed by atoms with Crippen LogP contribution in [0.1, 0.15) is 51.4 Å². The predicted octanol–water partition coefficient (Wildman–Crippen LogP) is 3.99. The van der Waals surface area contributed by atoms with Crippen LogP contribution in [0.5, 0.6) is 0 Å². The molecule has 1 aromatic heterocycles. The van der Waals surface area contributed by atoms with E-state index in [4.69, 9.17) is 4.98 Å². The van der Waals surface area contributed by atoms with Crippen molar-refractivity contribution in [2.75, 3.05) is 13.1 Å². The van der Waals surface area contributed by atoms with Crippen LogP contribution in [0.4, 0.5) is 0 Å². The smallest absolute Gasteiger partial charge is 0.127 e. The summed E-state index contributed by atoms with van der Waals surface area (Å²) in [5.74, 6) is 1.25. The highest BCUT2D eigenvalue weighted by Gasteiger charge is 2.24. The Morgan fingerprint density at radius 1 is 1.20 bits per heavy atom. The van der Waals surface area contributed by atoms with Gasteiger partial charge in [0.05, 0.1) is 17.1 Å². The third-order valence-corrected chi connectivity index (χ3v) is 4.48. The van der Waals surface area contributed by atoms with Gasteiger partial charge in [-0.2, -0.15) is 0 Å². The van der Waals surface area contributed by atoms with Gasteiger partial charge >= 0.3 is 0 Å². The van der Waals surface area contributed by atoms with Crippen LogP contribution in [-0.2, 0) is 6.54 Å². The molecule has 2 heterocycles. The first-order valence-electron chi connectivity index (χ1n) is 8.00. The van der Waals surface area contributed by atoms with Gasteiger partial charge in [-0.05, 0) is 51.4 Å². The molecule has 20 heavy (non-hydrogen) atoms. The van der Waals surface area contributed by atoms with Gasteiger partial charge < -0.3 is 4.57 Å². The molecule has 0 bridgehead atoms. The van der Waals surface area contributed by atoms with E-state index >= 15 is 0 Å². The highest BCUT2D eigenvalue weighted by atomic mass is 15.2. The number of nitrogens with zero attached hydrogens (tertiary/aromatic N) is 3. The van der Waals surface area contributed by atoms with Crippen LogP contribution in [0.15, 0.2) is 24.3 Å². The normalized spacial score (nSPS) is 17.9. The van der Waals surface area contributed by atoms with Crippen LogP contribution in [0, 0.1) is 0 Å². The van der Waals surface area contributed by atoms with Gasteiger partial charge in [0.2, 0.25) is 0 Å². The highest BCUT2D eigenvalue weighted by Crippen LogP contribution is 2.27. The molecule has 1 saturated heterocycles. The number of fused-ring (bicyclic) bond motifs is 1. The Kier molecular flexibility index (Phi) is 4.06. The Morgan fingerprint density at radius 2 is 1.95 bits per heavy atom. The number of imidazole rings is 1. The van der Waals surface area contributed by atoms with Crippen LogP contribution in [-0.4, -0.2) is 27.5 Å². The van der Waals surface area contributed by atoms with Gasteiger partial charge in [0.25, 0.3) is 0 Å². The van der Waals surface area contributed by atoms with Crippen LogP contribution in [0.3, 0.4) is 0 Å². The van der Waals surface area contributed by atoms with Gasteiger partial charge in [0.1, 0.15) is 5.82 Å². The molecular formula is C17H25N3. The lowest BCUT2D eigenvalue weighted by atomic mass is 10.2. The Morgan fingerprint density at radius 3 is 2.70 bits per heavy atom. The minimum Gasteiger partial charge on any atom is -0.327 e. The molecule has 1 atom stereocenters. The summed E-state index contributed by atoms with van der Waals surface area (Å²) in [7, 11) is 0. The minimum atomic E-state index is 0.432. The lowest BCUT2D eigenvalue weighted by molar-refractivity contribution is 0.248. The topological polar surface area (TPSA) is 21.1 Å². The monoisotopic (exact) mass is 271 g/mol. The Bertz CT molecular complexity index is 567. The van der Waals surface area contributed by atoms with E-state index in [0.29, 0.717) is 6.04 Å². The number of aromatic nitrogens is 2. The van der Waals surface area contributed by atoms with E-state index in [1.54, 1.807) is 0 Å². The number of benzene rings is 1. The van der Waals surface area contributed by atoms with E-state index in [1.807, 2.05) is 0 Å². The van der Waals surface area contributed by atoms with E-state index in [1.165, 1.54) is 50.1 Å². The molecule has 2 aromatic rings. The molecule has 0 N–H and O–H groups in total. The molecule has 0 aliphatic carbocycles. The summed E-state index contributed by atoms with van der Waals surface area (Å²) in [5, 5.41) is 0. The van der Waals surface area contributed by atoms with E-state index in [2.05, 4.69) is 47.6 Å². The average Bonchev–Trinajstić information content (AvgIpc) is 3.12. The molecule has 1 aliphatic rings. The molecule has 0 unspecified atom stereocenters. The molecule has 0 saturated carbocycles. The summed E-state index contributed by atoms with van der Waals surface area (Å²) in [6, 6.07) is 8.98. The first kappa shape index (κ1) is 13.6. The van der Waals surface area contributed by atoms with E-state index in [0.717, 1.165) is 12.1 Å². The van der Waals surface area contributed by atoms with Gasteiger partial charge in [-0.3, -0.25) is 4.90 Å². The molecule has 3 heteroatoms. The van der Waals surface area contributed by atoms with Gasteiger partial charge in [-0.25, -0.2) is 4.98 Å². The molecule has 1 fully saturated rings. The summed E-state index contributed by atoms with van der Waals surface area (Å²) in [6.45, 7) is 8.10. The molecule has 108 valence electrons. The minimum absolute atomic E-state index is 0.432. The second kappa shape index (κ2) is 5.96. The number of unbranched alkanes of at least 4 members (excludes halogenated alkanes) is 1. The van der Waals surface area contributed by atoms with Crippen molar-refractivity contribution in [1.29, 1.82) is 0 Å². The molecule has 3 rings (SSSR count). The number of likely N-dealkylation sites (tertiary alicyclic amines) is 1. The first-order chi connectivity index (χ1) is 9.81. The molecular weight excluding hydrogens is 246 g/mol. The van der Waals surface area contributed by atoms with Crippen molar-refractivity contribution < 1.29 is 0 Å². The standard InChI is InChI=1S/C17H25N3/c1-3-4-13-20-16-10-6-5-9-15(16)18-17(20)14(2)19-11-7-8-12-19/h5-6,9-10,14H,3-4,7-8,11-13H2,1-2H3/t14-/m0/s1. The van der Waals surface area contributed by atoms with Crippen molar-refractivity contribution in [1.82, 2.24) is 14.5 Å². The SMILES string of the molecule is CCCCn1c([C@H](C)N2CCCC2)nc2ccccc21. The lowest BCUT2D eigenvalue weighted by Crippen LogP contribution is -2.26. The third kappa shape index (κ3) is 2.47. The quantitative estimate of drug-likeness (QED) is 0.819. The van der Waals surface area contributed by atoms with Gasteiger partial charge in [-0.15, -0.1) is 0 Å². The Hall–Kier alpha value is -1.35. The molecule has 0 spiro atoms. The lowest BCUT2D eigenvalue weighted by Gasteiger charge is -2.24. The number of rotatable bonds is 5. The maximum Gasteiger partial charge on any atom is 0.127 e. The summed E-state index contributed by atoms with van der Waals surface area (Å²) in [5.41, 5.74) is 2.44. The van der Waals surface area contributed by atoms with E-state index in [-0.39, 0.29) is 0 Å². The second-order valence-electron chi connectivity index (χ2n) is 5.88. The molecule has 3 nitrogen and oxygen atoms in total. The highest BCUT2D eigenvalue weighted by molar-refractivity contribution is 5.76. The Labute approximate surface area is 121 Å². The van der Waals surface area contributed by atoms with Crippen molar-refractivity contribution >= 4 is 11.0 Å². The molecule has 0 amide bonds. The van der Waals surface area contributed by atoms with Crippen LogP contribution >= 0.6 is 0 Å². The fourth-order valence-corrected chi connectivity index (χ4v) is 3.26. The van der Waals surface area contributed by atoms with Crippen LogP contribution < -0.4 is 0 Å². The van der Waals surface area contributed by atoms with Crippen molar-refractivity contribution in [2.24, 2.45) is 0 Å². The number of aryl methyl sites for hydroxylation is 1.